The Morgan fingerprint density at radius 3 is 2.44 bits per heavy atom. The lowest BCUT2D eigenvalue weighted by molar-refractivity contribution is 0.688. The van der Waals surface area contributed by atoms with E-state index in [4.69, 9.17) is 0 Å². The number of benzene rings is 1. The third kappa shape index (κ3) is 3.49. The number of nitrogens with zero attached hydrogens (tertiary/aromatic N) is 1. The molecule has 1 aromatic rings. The third-order valence-electron chi connectivity index (χ3n) is 2.15. The van der Waals surface area contributed by atoms with Gasteiger partial charge in [0.25, 0.3) is 0 Å². The summed E-state index contributed by atoms with van der Waals surface area (Å²) in [7, 11) is 2.86. The SMILES string of the molecule is CC(C)/C=C\S(=O)c1ccccc1N(C)C. The van der Waals surface area contributed by atoms with Crippen molar-refractivity contribution >= 4 is 16.5 Å². The summed E-state index contributed by atoms with van der Waals surface area (Å²) in [4.78, 5) is 2.85. The second-order valence-corrected chi connectivity index (χ2v) is 5.54. The molecule has 1 atom stereocenters. The fourth-order valence-corrected chi connectivity index (χ4v) is 2.57. The number of hydrogen-bond acceptors (Lipinski definition) is 2. The Bertz CT molecular complexity index is 397. The highest BCUT2D eigenvalue weighted by molar-refractivity contribution is 7.88. The van der Waals surface area contributed by atoms with E-state index in [1.54, 1.807) is 5.41 Å². The fraction of sp³-hybridized carbons (Fsp3) is 0.385. The van der Waals surface area contributed by atoms with E-state index in [2.05, 4.69) is 13.8 Å². The molecule has 0 aliphatic heterocycles. The van der Waals surface area contributed by atoms with Crippen LogP contribution in [0.15, 0.2) is 40.6 Å². The van der Waals surface area contributed by atoms with E-state index in [1.165, 1.54) is 0 Å². The normalized spacial score (nSPS) is 13.3. The Morgan fingerprint density at radius 1 is 1.25 bits per heavy atom. The Morgan fingerprint density at radius 2 is 1.88 bits per heavy atom. The zero-order valence-corrected chi connectivity index (χ0v) is 11.1. The quantitative estimate of drug-likeness (QED) is 0.802. The van der Waals surface area contributed by atoms with Crippen molar-refractivity contribution in [1.29, 1.82) is 0 Å². The van der Waals surface area contributed by atoms with Gasteiger partial charge >= 0.3 is 0 Å². The van der Waals surface area contributed by atoms with Crippen LogP contribution in [0.1, 0.15) is 13.8 Å². The summed E-state index contributed by atoms with van der Waals surface area (Å²) in [6, 6.07) is 7.78. The molecule has 0 aliphatic carbocycles. The van der Waals surface area contributed by atoms with Gasteiger partial charge in [-0.25, -0.2) is 4.21 Å². The molecular weight excluding hydrogens is 218 g/mol. The van der Waals surface area contributed by atoms with E-state index < -0.39 is 10.8 Å². The van der Waals surface area contributed by atoms with Crippen LogP contribution in [0.2, 0.25) is 0 Å². The zero-order chi connectivity index (χ0) is 12.1. The Hall–Kier alpha value is -1.09. The molecule has 16 heavy (non-hydrogen) atoms. The van der Waals surface area contributed by atoms with Crippen LogP contribution in [0.5, 0.6) is 0 Å². The first-order chi connectivity index (χ1) is 7.52. The van der Waals surface area contributed by atoms with Crippen molar-refractivity contribution in [2.75, 3.05) is 19.0 Å². The molecule has 2 nitrogen and oxygen atoms in total. The minimum absolute atomic E-state index is 0.426. The lowest BCUT2D eigenvalue weighted by Crippen LogP contribution is -2.11. The summed E-state index contributed by atoms with van der Waals surface area (Å²) >= 11 is 0. The van der Waals surface area contributed by atoms with Gasteiger partial charge in [0.2, 0.25) is 0 Å². The number of hydrogen-bond donors (Lipinski definition) is 0. The van der Waals surface area contributed by atoms with E-state index in [9.17, 15) is 4.21 Å². The van der Waals surface area contributed by atoms with Crippen molar-refractivity contribution in [2.24, 2.45) is 5.92 Å². The Balaban J connectivity index is 2.99. The molecule has 0 saturated heterocycles. The van der Waals surface area contributed by atoms with Gasteiger partial charge < -0.3 is 4.90 Å². The molecule has 1 unspecified atom stereocenters. The van der Waals surface area contributed by atoms with Crippen LogP contribution in [-0.2, 0) is 10.8 Å². The van der Waals surface area contributed by atoms with Crippen molar-refractivity contribution in [3.63, 3.8) is 0 Å². The Labute approximate surface area is 100 Å². The van der Waals surface area contributed by atoms with E-state index >= 15 is 0 Å². The fourth-order valence-electron chi connectivity index (χ4n) is 1.30. The summed E-state index contributed by atoms with van der Waals surface area (Å²) in [5.74, 6) is 0.426. The predicted molar refractivity (Wildman–Crippen MR) is 71.2 cm³/mol. The highest BCUT2D eigenvalue weighted by Crippen LogP contribution is 2.22. The van der Waals surface area contributed by atoms with Crippen LogP contribution in [0.25, 0.3) is 0 Å². The molecule has 0 N–H and O–H groups in total. The summed E-state index contributed by atoms with van der Waals surface area (Å²) < 4.78 is 12.1. The highest BCUT2D eigenvalue weighted by atomic mass is 32.2. The monoisotopic (exact) mass is 237 g/mol. The van der Waals surface area contributed by atoms with Crippen LogP contribution in [0, 0.1) is 5.92 Å². The van der Waals surface area contributed by atoms with Crippen molar-refractivity contribution in [1.82, 2.24) is 0 Å². The van der Waals surface area contributed by atoms with Crippen molar-refractivity contribution < 1.29 is 4.21 Å². The van der Waals surface area contributed by atoms with E-state index in [1.807, 2.05) is 49.3 Å². The third-order valence-corrected chi connectivity index (χ3v) is 3.33. The summed E-state index contributed by atoms with van der Waals surface area (Å²) in [6.07, 6.45) is 1.97. The molecule has 0 amide bonds. The van der Waals surface area contributed by atoms with Crippen LogP contribution in [0.4, 0.5) is 5.69 Å². The minimum Gasteiger partial charge on any atom is -0.377 e. The lowest BCUT2D eigenvalue weighted by atomic mass is 10.2. The van der Waals surface area contributed by atoms with Gasteiger partial charge in [0.1, 0.15) is 0 Å². The van der Waals surface area contributed by atoms with Gasteiger partial charge in [-0.3, -0.25) is 0 Å². The molecule has 0 heterocycles. The first kappa shape index (κ1) is 13.0. The molecule has 0 bridgehead atoms. The second-order valence-electron chi connectivity index (χ2n) is 4.23. The number of anilines is 1. The van der Waals surface area contributed by atoms with Gasteiger partial charge in [-0.2, -0.15) is 0 Å². The van der Waals surface area contributed by atoms with Gasteiger partial charge in [-0.05, 0) is 18.1 Å². The van der Waals surface area contributed by atoms with Gasteiger partial charge in [-0.1, -0.05) is 32.1 Å². The van der Waals surface area contributed by atoms with Gasteiger partial charge in [0.15, 0.2) is 0 Å². The van der Waals surface area contributed by atoms with E-state index in [-0.39, 0.29) is 0 Å². The zero-order valence-electron chi connectivity index (χ0n) is 10.3. The number of para-hydroxylation sites is 1. The largest absolute Gasteiger partial charge is 0.377 e. The molecule has 0 saturated carbocycles. The molecule has 3 heteroatoms. The average Bonchev–Trinajstić information content (AvgIpc) is 2.25. The molecule has 0 fully saturated rings. The molecule has 88 valence electrons. The van der Waals surface area contributed by atoms with Crippen molar-refractivity contribution in [3.8, 4) is 0 Å². The molecule has 0 aromatic heterocycles. The van der Waals surface area contributed by atoms with Gasteiger partial charge in [0, 0.05) is 19.5 Å². The maximum absolute atomic E-state index is 12.1. The predicted octanol–water partition coefficient (Wildman–Crippen LogP) is 3.03. The lowest BCUT2D eigenvalue weighted by Gasteiger charge is -2.15. The number of rotatable bonds is 4. The smallest absolute Gasteiger partial charge is 0.0793 e. The van der Waals surface area contributed by atoms with E-state index in [0.29, 0.717) is 5.92 Å². The molecule has 1 rings (SSSR count). The van der Waals surface area contributed by atoms with Crippen LogP contribution in [-0.4, -0.2) is 18.3 Å². The van der Waals surface area contributed by atoms with E-state index in [0.717, 1.165) is 10.6 Å². The maximum Gasteiger partial charge on any atom is 0.0793 e. The minimum atomic E-state index is -1.06. The molecule has 1 aromatic carbocycles. The average molecular weight is 237 g/mol. The van der Waals surface area contributed by atoms with Crippen LogP contribution < -0.4 is 4.90 Å². The second kappa shape index (κ2) is 5.85. The van der Waals surface area contributed by atoms with Crippen molar-refractivity contribution in [2.45, 2.75) is 18.7 Å². The molecular formula is C13H19NOS. The van der Waals surface area contributed by atoms with Gasteiger partial charge in [0.05, 0.1) is 21.4 Å². The Kier molecular flexibility index (Phi) is 4.74. The topological polar surface area (TPSA) is 20.3 Å². The molecule has 0 radical (unpaired) electrons. The highest BCUT2D eigenvalue weighted by Gasteiger charge is 2.07. The standard InChI is InChI=1S/C13H19NOS/c1-11(2)9-10-16(15)13-8-6-5-7-12(13)14(3)4/h5-11H,1-4H3/b10-9-. The van der Waals surface area contributed by atoms with Crippen molar-refractivity contribution in [3.05, 3.63) is 35.7 Å². The maximum atomic E-state index is 12.1. The number of allylic oxidation sites excluding steroid dienone is 1. The summed E-state index contributed by atoms with van der Waals surface area (Å²) in [6.45, 7) is 4.15. The summed E-state index contributed by atoms with van der Waals surface area (Å²) in [5.41, 5.74) is 1.01. The van der Waals surface area contributed by atoms with Crippen LogP contribution >= 0.6 is 0 Å². The first-order valence-corrected chi connectivity index (χ1v) is 6.59. The van der Waals surface area contributed by atoms with Gasteiger partial charge in [-0.15, -0.1) is 0 Å². The first-order valence-electron chi connectivity index (χ1n) is 5.37. The van der Waals surface area contributed by atoms with Crippen LogP contribution in [0.3, 0.4) is 0 Å². The summed E-state index contributed by atoms with van der Waals surface area (Å²) in [5, 5.41) is 1.77. The molecule has 0 spiro atoms. The molecule has 0 aliphatic rings.